The minimum Gasteiger partial charge on any atom is -0.504 e. The lowest BCUT2D eigenvalue weighted by Gasteiger charge is -2.12. The summed E-state index contributed by atoms with van der Waals surface area (Å²) >= 11 is 0. The summed E-state index contributed by atoms with van der Waals surface area (Å²) in [4.78, 5) is 12.5. The van der Waals surface area contributed by atoms with E-state index in [0.717, 1.165) is 11.6 Å². The second-order valence-electron chi connectivity index (χ2n) is 6.40. The summed E-state index contributed by atoms with van der Waals surface area (Å²) in [7, 11) is 0. The Hall–Kier alpha value is -4.13. The lowest BCUT2D eigenvalue weighted by atomic mass is 10.1. The van der Waals surface area contributed by atoms with Crippen LogP contribution in [0.2, 0.25) is 0 Å². The second kappa shape index (κ2) is 7.12. The maximum Gasteiger partial charge on any atom is 0.201 e. The molecule has 0 aliphatic heterocycles. The van der Waals surface area contributed by atoms with Gasteiger partial charge in [0, 0.05) is 17.7 Å². The number of ether oxygens (including phenoxy) is 1. The van der Waals surface area contributed by atoms with Crippen molar-refractivity contribution < 1.29 is 29.6 Å². The zero-order chi connectivity index (χ0) is 20.5. The molecule has 0 saturated carbocycles. The van der Waals surface area contributed by atoms with Gasteiger partial charge in [0.05, 0.1) is 0 Å². The molecule has 1 heterocycles. The van der Waals surface area contributed by atoms with E-state index in [1.54, 1.807) is 0 Å². The van der Waals surface area contributed by atoms with Crippen LogP contribution in [0.1, 0.15) is 5.56 Å². The van der Waals surface area contributed by atoms with E-state index in [2.05, 4.69) is 0 Å². The van der Waals surface area contributed by atoms with Gasteiger partial charge >= 0.3 is 0 Å². The maximum atomic E-state index is 12.5. The standard InChI is InChI=1S/C22H16O7/c23-14-7-6-13(8-15(14)24)17-9-16(25)20-18(29-17)10-19(21(26)22(20)27)28-11-12-4-2-1-3-5-12/h1-10,23-24,26-27H,11H2. The minimum atomic E-state index is -0.639. The highest BCUT2D eigenvalue weighted by molar-refractivity contribution is 5.89. The predicted molar refractivity (Wildman–Crippen MR) is 105 cm³/mol. The minimum absolute atomic E-state index is 0.00146. The molecule has 0 fully saturated rings. The molecule has 0 spiro atoms. The molecule has 4 aromatic rings. The summed E-state index contributed by atoms with van der Waals surface area (Å²) in [5.74, 6) is -1.82. The monoisotopic (exact) mass is 392 g/mol. The van der Waals surface area contributed by atoms with Crippen molar-refractivity contribution in [2.45, 2.75) is 6.61 Å². The molecule has 29 heavy (non-hydrogen) atoms. The zero-order valence-electron chi connectivity index (χ0n) is 15.0. The van der Waals surface area contributed by atoms with Crippen molar-refractivity contribution in [2.75, 3.05) is 0 Å². The van der Waals surface area contributed by atoms with Gasteiger partial charge in [0.15, 0.2) is 28.4 Å². The van der Waals surface area contributed by atoms with Crippen LogP contribution < -0.4 is 10.2 Å². The Morgan fingerprint density at radius 3 is 2.31 bits per heavy atom. The van der Waals surface area contributed by atoms with E-state index in [0.29, 0.717) is 5.56 Å². The third-order valence-electron chi connectivity index (χ3n) is 4.43. The fourth-order valence-electron chi connectivity index (χ4n) is 2.93. The first-order valence-corrected chi connectivity index (χ1v) is 8.66. The first kappa shape index (κ1) is 18.2. The molecule has 0 atom stereocenters. The highest BCUT2D eigenvalue weighted by atomic mass is 16.5. The molecular formula is C22H16O7. The van der Waals surface area contributed by atoms with Crippen LogP contribution in [0.3, 0.4) is 0 Å². The number of fused-ring (bicyclic) bond motifs is 1. The molecule has 1 aromatic heterocycles. The third kappa shape index (κ3) is 3.41. The summed E-state index contributed by atoms with van der Waals surface area (Å²) in [6.07, 6.45) is 0. The molecular weight excluding hydrogens is 376 g/mol. The van der Waals surface area contributed by atoms with Gasteiger partial charge in [0.25, 0.3) is 0 Å². The summed E-state index contributed by atoms with van der Waals surface area (Å²) < 4.78 is 11.3. The van der Waals surface area contributed by atoms with Crippen LogP contribution in [0.5, 0.6) is 28.7 Å². The van der Waals surface area contributed by atoms with Gasteiger partial charge in [-0.2, -0.15) is 0 Å². The molecule has 4 rings (SSSR count). The van der Waals surface area contributed by atoms with E-state index >= 15 is 0 Å². The van der Waals surface area contributed by atoms with Crippen molar-refractivity contribution in [1.82, 2.24) is 0 Å². The van der Waals surface area contributed by atoms with Gasteiger partial charge in [-0.3, -0.25) is 4.79 Å². The van der Waals surface area contributed by atoms with E-state index in [4.69, 9.17) is 9.15 Å². The largest absolute Gasteiger partial charge is 0.504 e. The van der Waals surface area contributed by atoms with Gasteiger partial charge in [-0.1, -0.05) is 30.3 Å². The summed E-state index contributed by atoms with van der Waals surface area (Å²) in [6, 6.07) is 15.6. The van der Waals surface area contributed by atoms with Crippen molar-refractivity contribution in [3.8, 4) is 40.1 Å². The molecule has 0 aliphatic rings. The third-order valence-corrected chi connectivity index (χ3v) is 4.43. The number of rotatable bonds is 4. The van der Waals surface area contributed by atoms with E-state index < -0.39 is 16.9 Å². The lowest BCUT2D eigenvalue weighted by Crippen LogP contribution is -2.02. The second-order valence-corrected chi connectivity index (χ2v) is 6.40. The normalized spacial score (nSPS) is 10.9. The summed E-state index contributed by atoms with van der Waals surface area (Å²) in [6.45, 7) is 0.134. The van der Waals surface area contributed by atoms with Gasteiger partial charge in [-0.15, -0.1) is 0 Å². The Morgan fingerprint density at radius 1 is 0.828 bits per heavy atom. The zero-order valence-corrected chi connectivity index (χ0v) is 15.0. The lowest BCUT2D eigenvalue weighted by molar-refractivity contribution is 0.283. The van der Waals surface area contributed by atoms with Gasteiger partial charge in [-0.25, -0.2) is 0 Å². The van der Waals surface area contributed by atoms with Gasteiger partial charge in [0.1, 0.15) is 23.3 Å². The Bertz CT molecular complexity index is 1260. The Morgan fingerprint density at radius 2 is 1.59 bits per heavy atom. The van der Waals surface area contributed by atoms with Gasteiger partial charge in [-0.05, 0) is 23.8 Å². The molecule has 0 bridgehead atoms. The van der Waals surface area contributed by atoms with Crippen LogP contribution in [0.15, 0.2) is 69.9 Å². The molecule has 0 radical (unpaired) electrons. The molecule has 7 nitrogen and oxygen atoms in total. The first-order valence-electron chi connectivity index (χ1n) is 8.66. The van der Waals surface area contributed by atoms with Crippen molar-refractivity contribution in [2.24, 2.45) is 0 Å². The first-order chi connectivity index (χ1) is 13.9. The number of aromatic hydroxyl groups is 4. The van der Waals surface area contributed by atoms with Crippen molar-refractivity contribution in [1.29, 1.82) is 0 Å². The Kier molecular flexibility index (Phi) is 4.48. The Labute approximate surface area is 164 Å². The number of benzene rings is 3. The fourth-order valence-corrected chi connectivity index (χ4v) is 2.93. The van der Waals surface area contributed by atoms with Gasteiger partial charge in [0.2, 0.25) is 5.75 Å². The topological polar surface area (TPSA) is 120 Å². The predicted octanol–water partition coefficient (Wildman–Crippen LogP) is 3.86. The molecule has 0 saturated heterocycles. The SMILES string of the molecule is O=c1cc(-c2ccc(O)c(O)c2)oc2cc(OCc3ccccc3)c(O)c(O)c12. The highest BCUT2D eigenvalue weighted by Gasteiger charge is 2.19. The molecule has 0 aliphatic carbocycles. The quantitative estimate of drug-likeness (QED) is 0.389. The molecule has 0 unspecified atom stereocenters. The van der Waals surface area contributed by atoms with Crippen molar-refractivity contribution in [3.05, 3.63) is 76.5 Å². The van der Waals surface area contributed by atoms with E-state index in [1.165, 1.54) is 24.3 Å². The van der Waals surface area contributed by atoms with Crippen LogP contribution in [-0.4, -0.2) is 20.4 Å². The van der Waals surface area contributed by atoms with Crippen molar-refractivity contribution >= 4 is 11.0 Å². The average molecular weight is 392 g/mol. The van der Waals surface area contributed by atoms with E-state index in [9.17, 15) is 25.2 Å². The molecule has 0 amide bonds. The smallest absolute Gasteiger partial charge is 0.201 e. The van der Waals surface area contributed by atoms with Crippen LogP contribution in [0.25, 0.3) is 22.3 Å². The molecule has 146 valence electrons. The highest BCUT2D eigenvalue weighted by Crippen LogP contribution is 2.42. The van der Waals surface area contributed by atoms with Crippen LogP contribution in [0, 0.1) is 0 Å². The van der Waals surface area contributed by atoms with E-state index in [1.807, 2.05) is 30.3 Å². The van der Waals surface area contributed by atoms with Crippen molar-refractivity contribution in [3.63, 3.8) is 0 Å². The van der Waals surface area contributed by atoms with E-state index in [-0.39, 0.29) is 40.6 Å². The fraction of sp³-hybridized carbons (Fsp3) is 0.0455. The number of hydrogen-bond acceptors (Lipinski definition) is 7. The average Bonchev–Trinajstić information content (AvgIpc) is 2.72. The van der Waals surface area contributed by atoms with Crippen LogP contribution in [-0.2, 0) is 6.61 Å². The molecule has 7 heteroatoms. The summed E-state index contributed by atoms with van der Waals surface area (Å²) in [5.41, 5.74) is 0.606. The van der Waals surface area contributed by atoms with Gasteiger partial charge < -0.3 is 29.6 Å². The molecule has 4 N–H and O–H groups in total. The van der Waals surface area contributed by atoms with Crippen LogP contribution in [0.4, 0.5) is 0 Å². The summed E-state index contributed by atoms with van der Waals surface area (Å²) in [5, 5.41) is 39.5. The van der Waals surface area contributed by atoms with Crippen LogP contribution >= 0.6 is 0 Å². The number of hydrogen-bond donors (Lipinski definition) is 4. The maximum absolute atomic E-state index is 12.5. The Balaban J connectivity index is 1.79. The number of phenols is 4. The molecule has 3 aromatic carbocycles. The number of phenolic OH excluding ortho intramolecular Hbond substituents is 4.